The molecule has 0 amide bonds. The molecule has 0 saturated heterocycles. The number of carboxylic acid groups (broad SMARTS) is 1. The second-order valence-electron chi connectivity index (χ2n) is 4.82. The Kier molecular flexibility index (Phi) is 3.98. The van der Waals surface area contributed by atoms with Crippen LogP contribution in [0, 0.1) is 5.82 Å². The third kappa shape index (κ3) is 3.20. The van der Waals surface area contributed by atoms with Crippen LogP contribution >= 0.6 is 11.3 Å². The number of aromatic nitrogens is 1. The van der Waals surface area contributed by atoms with Gasteiger partial charge in [-0.2, -0.15) is 0 Å². The smallest absolute Gasteiger partial charge is 0.335 e. The molecular formula is C17H12FNO2S. The van der Waals surface area contributed by atoms with E-state index in [0.717, 1.165) is 21.8 Å². The first-order valence-electron chi connectivity index (χ1n) is 6.64. The molecule has 3 nitrogen and oxygen atoms in total. The van der Waals surface area contributed by atoms with E-state index < -0.39 is 5.97 Å². The van der Waals surface area contributed by atoms with Crippen molar-refractivity contribution in [3.63, 3.8) is 0 Å². The number of aromatic carboxylic acids is 1. The van der Waals surface area contributed by atoms with E-state index >= 15 is 0 Å². The Morgan fingerprint density at radius 3 is 2.77 bits per heavy atom. The van der Waals surface area contributed by atoms with Crippen molar-refractivity contribution in [2.45, 2.75) is 6.42 Å². The highest BCUT2D eigenvalue weighted by molar-refractivity contribution is 7.10. The van der Waals surface area contributed by atoms with E-state index in [0.29, 0.717) is 6.42 Å². The van der Waals surface area contributed by atoms with E-state index in [2.05, 4.69) is 4.98 Å². The molecule has 3 aromatic rings. The van der Waals surface area contributed by atoms with Crippen LogP contribution in [0.3, 0.4) is 0 Å². The number of hydrogen-bond acceptors (Lipinski definition) is 3. The minimum Gasteiger partial charge on any atom is -0.478 e. The van der Waals surface area contributed by atoms with Crippen LogP contribution in [0.25, 0.3) is 11.3 Å². The van der Waals surface area contributed by atoms with Crippen molar-refractivity contribution >= 4 is 17.3 Å². The Balaban J connectivity index is 1.84. The van der Waals surface area contributed by atoms with Gasteiger partial charge in [-0.05, 0) is 29.8 Å². The molecule has 2 aromatic carbocycles. The average Bonchev–Trinajstić information content (AvgIpc) is 2.96. The van der Waals surface area contributed by atoms with Crippen LogP contribution in [0.2, 0.25) is 0 Å². The molecule has 0 bridgehead atoms. The van der Waals surface area contributed by atoms with Gasteiger partial charge in [0.15, 0.2) is 0 Å². The fourth-order valence-electron chi connectivity index (χ4n) is 2.16. The summed E-state index contributed by atoms with van der Waals surface area (Å²) in [5.41, 5.74) is 2.60. The molecule has 3 rings (SSSR count). The molecule has 0 aliphatic rings. The number of thiazole rings is 1. The van der Waals surface area contributed by atoms with Crippen molar-refractivity contribution in [1.29, 1.82) is 0 Å². The zero-order chi connectivity index (χ0) is 15.5. The number of rotatable bonds is 4. The third-order valence-corrected chi connectivity index (χ3v) is 4.05. The molecule has 0 saturated carbocycles. The first kappa shape index (κ1) is 14.4. The standard InChI is InChI=1S/C17H12FNO2S/c18-14-6-1-3-11(7-14)8-16-19-15(10-22-16)12-4-2-5-13(9-12)17(20)21/h1-7,9-10H,8H2,(H,20,21). The first-order chi connectivity index (χ1) is 10.6. The summed E-state index contributed by atoms with van der Waals surface area (Å²) in [6.07, 6.45) is 0.557. The van der Waals surface area contributed by atoms with Crippen LogP contribution in [0.5, 0.6) is 0 Å². The predicted molar refractivity (Wildman–Crippen MR) is 83.7 cm³/mol. The molecule has 0 atom stereocenters. The topological polar surface area (TPSA) is 50.2 Å². The van der Waals surface area contributed by atoms with Gasteiger partial charge in [0.25, 0.3) is 0 Å². The highest BCUT2D eigenvalue weighted by Gasteiger charge is 2.09. The molecule has 0 aliphatic carbocycles. The Morgan fingerprint density at radius 2 is 2.00 bits per heavy atom. The van der Waals surface area contributed by atoms with Crippen molar-refractivity contribution in [3.05, 3.63) is 75.9 Å². The van der Waals surface area contributed by atoms with Gasteiger partial charge >= 0.3 is 5.97 Å². The lowest BCUT2D eigenvalue weighted by molar-refractivity contribution is 0.0697. The largest absolute Gasteiger partial charge is 0.478 e. The molecule has 0 spiro atoms. The van der Waals surface area contributed by atoms with Gasteiger partial charge in [-0.3, -0.25) is 0 Å². The van der Waals surface area contributed by atoms with E-state index in [4.69, 9.17) is 5.11 Å². The van der Waals surface area contributed by atoms with Crippen LogP contribution in [0.4, 0.5) is 4.39 Å². The maximum absolute atomic E-state index is 13.2. The van der Waals surface area contributed by atoms with Gasteiger partial charge in [0.1, 0.15) is 5.82 Å². The number of benzene rings is 2. The third-order valence-electron chi connectivity index (χ3n) is 3.20. The Labute approximate surface area is 130 Å². The average molecular weight is 313 g/mol. The minimum absolute atomic E-state index is 0.234. The molecule has 22 heavy (non-hydrogen) atoms. The second-order valence-corrected chi connectivity index (χ2v) is 5.76. The highest BCUT2D eigenvalue weighted by atomic mass is 32.1. The van der Waals surface area contributed by atoms with Crippen molar-refractivity contribution < 1.29 is 14.3 Å². The fourth-order valence-corrected chi connectivity index (χ4v) is 3.00. The molecular weight excluding hydrogens is 301 g/mol. The quantitative estimate of drug-likeness (QED) is 0.784. The summed E-state index contributed by atoms with van der Waals surface area (Å²) in [5.74, 6) is -1.22. The molecule has 0 aliphatic heterocycles. The van der Waals surface area contributed by atoms with Crippen molar-refractivity contribution in [3.8, 4) is 11.3 Å². The molecule has 0 fully saturated rings. The monoisotopic (exact) mass is 313 g/mol. The normalized spacial score (nSPS) is 10.6. The summed E-state index contributed by atoms with van der Waals surface area (Å²) in [6.45, 7) is 0. The Bertz CT molecular complexity index is 829. The van der Waals surface area contributed by atoms with Gasteiger partial charge in [0, 0.05) is 17.4 Å². The van der Waals surface area contributed by atoms with Crippen LogP contribution in [0.15, 0.2) is 53.9 Å². The van der Waals surface area contributed by atoms with Crippen molar-refractivity contribution in [2.75, 3.05) is 0 Å². The van der Waals surface area contributed by atoms with Crippen molar-refractivity contribution in [1.82, 2.24) is 4.98 Å². The van der Waals surface area contributed by atoms with Gasteiger partial charge in [-0.25, -0.2) is 14.2 Å². The van der Waals surface area contributed by atoms with E-state index in [1.807, 2.05) is 17.5 Å². The van der Waals surface area contributed by atoms with E-state index in [-0.39, 0.29) is 11.4 Å². The maximum Gasteiger partial charge on any atom is 0.335 e. The Hall–Kier alpha value is -2.53. The van der Waals surface area contributed by atoms with E-state index in [9.17, 15) is 9.18 Å². The van der Waals surface area contributed by atoms with E-state index in [1.165, 1.54) is 23.5 Å². The van der Waals surface area contributed by atoms with Gasteiger partial charge in [-0.15, -0.1) is 11.3 Å². The summed E-state index contributed by atoms with van der Waals surface area (Å²) in [7, 11) is 0. The van der Waals surface area contributed by atoms with E-state index in [1.54, 1.807) is 24.3 Å². The van der Waals surface area contributed by atoms with Gasteiger partial charge in [-0.1, -0.05) is 24.3 Å². The lowest BCUT2D eigenvalue weighted by Gasteiger charge is -2.00. The maximum atomic E-state index is 13.2. The highest BCUT2D eigenvalue weighted by Crippen LogP contribution is 2.24. The number of nitrogens with zero attached hydrogens (tertiary/aromatic N) is 1. The van der Waals surface area contributed by atoms with Gasteiger partial charge < -0.3 is 5.11 Å². The fraction of sp³-hybridized carbons (Fsp3) is 0.0588. The summed E-state index contributed by atoms with van der Waals surface area (Å²) >= 11 is 1.48. The summed E-state index contributed by atoms with van der Waals surface area (Å²) in [5, 5.41) is 11.8. The molecule has 1 heterocycles. The van der Waals surface area contributed by atoms with Crippen molar-refractivity contribution in [2.24, 2.45) is 0 Å². The lowest BCUT2D eigenvalue weighted by atomic mass is 10.1. The summed E-state index contributed by atoms with van der Waals surface area (Å²) in [6, 6.07) is 13.1. The molecule has 0 radical (unpaired) electrons. The summed E-state index contributed by atoms with van der Waals surface area (Å²) in [4.78, 5) is 15.5. The molecule has 1 aromatic heterocycles. The second kappa shape index (κ2) is 6.07. The van der Waals surface area contributed by atoms with Gasteiger partial charge in [0.2, 0.25) is 0 Å². The minimum atomic E-state index is -0.961. The SMILES string of the molecule is O=C(O)c1cccc(-c2csc(Cc3cccc(F)c3)n2)c1. The van der Waals surface area contributed by atoms with Crippen LogP contribution in [-0.2, 0) is 6.42 Å². The molecule has 0 unspecified atom stereocenters. The van der Waals surface area contributed by atoms with Gasteiger partial charge in [0.05, 0.1) is 16.3 Å². The van der Waals surface area contributed by atoms with Crippen LogP contribution in [0.1, 0.15) is 20.9 Å². The zero-order valence-electron chi connectivity index (χ0n) is 11.5. The molecule has 1 N–H and O–H groups in total. The number of hydrogen-bond donors (Lipinski definition) is 1. The summed E-state index contributed by atoms with van der Waals surface area (Å²) < 4.78 is 13.2. The lowest BCUT2D eigenvalue weighted by Crippen LogP contribution is -1.95. The number of carbonyl (C=O) groups is 1. The molecule has 5 heteroatoms. The number of carboxylic acids is 1. The predicted octanol–water partition coefficient (Wildman–Crippen LogP) is 4.24. The molecule has 110 valence electrons. The van der Waals surface area contributed by atoms with Crippen LogP contribution in [-0.4, -0.2) is 16.1 Å². The number of halogens is 1. The Morgan fingerprint density at radius 1 is 1.18 bits per heavy atom. The first-order valence-corrected chi connectivity index (χ1v) is 7.52. The van der Waals surface area contributed by atoms with Crippen LogP contribution < -0.4 is 0 Å². The zero-order valence-corrected chi connectivity index (χ0v) is 12.3.